The zero-order valence-electron chi connectivity index (χ0n) is 15.3. The van der Waals surface area contributed by atoms with Crippen molar-refractivity contribution in [3.05, 3.63) is 35.4 Å². The fourth-order valence-corrected chi connectivity index (χ4v) is 2.52. The minimum absolute atomic E-state index is 0.320. The molecular weight excluding hydrogens is 240 g/mol. The van der Waals surface area contributed by atoms with Gasteiger partial charge in [0.25, 0.3) is 0 Å². The highest BCUT2D eigenvalue weighted by atomic mass is 14.3. The average Bonchev–Trinajstić information content (AvgIpc) is 2.36. The van der Waals surface area contributed by atoms with E-state index in [0.29, 0.717) is 16.7 Å². The lowest BCUT2D eigenvalue weighted by Crippen LogP contribution is -2.23. The van der Waals surface area contributed by atoms with E-state index >= 15 is 0 Å². The van der Waals surface area contributed by atoms with Gasteiger partial charge in [0, 0.05) is 0 Å². The lowest BCUT2D eigenvalue weighted by Gasteiger charge is -2.36. The molecule has 0 aliphatic heterocycles. The number of aryl methyl sites for hydroxylation is 1. The number of benzene rings is 1. The molecule has 0 N–H and O–H groups in total. The molecule has 0 saturated carbocycles. The third-order valence-corrected chi connectivity index (χ3v) is 3.65. The Morgan fingerprint density at radius 2 is 1.30 bits per heavy atom. The lowest BCUT2D eigenvalue weighted by molar-refractivity contribution is 0.229. The Bertz CT molecular complexity index is 357. The number of hydrogen-bond acceptors (Lipinski definition) is 0. The monoisotopic (exact) mass is 276 g/mol. The topological polar surface area (TPSA) is 0 Å². The minimum atomic E-state index is 0.320. The van der Waals surface area contributed by atoms with E-state index in [0.717, 1.165) is 6.42 Å². The van der Waals surface area contributed by atoms with Crippen molar-refractivity contribution in [3.63, 3.8) is 0 Å². The zero-order chi connectivity index (χ0) is 16.0. The van der Waals surface area contributed by atoms with Crippen LogP contribution < -0.4 is 0 Å². The van der Waals surface area contributed by atoms with Gasteiger partial charge in [-0.15, -0.1) is 0 Å². The van der Waals surface area contributed by atoms with Gasteiger partial charge in [-0.1, -0.05) is 86.6 Å². The quantitative estimate of drug-likeness (QED) is 0.567. The van der Waals surface area contributed by atoms with Crippen LogP contribution in [0.25, 0.3) is 0 Å². The summed E-state index contributed by atoms with van der Waals surface area (Å²) >= 11 is 0. The summed E-state index contributed by atoms with van der Waals surface area (Å²) in [5.41, 5.74) is 3.62. The molecule has 0 amide bonds. The van der Waals surface area contributed by atoms with E-state index in [9.17, 15) is 0 Å². The fourth-order valence-electron chi connectivity index (χ4n) is 2.52. The predicted molar refractivity (Wildman–Crippen MR) is 93.4 cm³/mol. The Morgan fingerprint density at radius 1 is 0.850 bits per heavy atom. The molecule has 0 aromatic heterocycles. The highest BCUT2D eigenvalue weighted by molar-refractivity contribution is 5.27. The van der Waals surface area contributed by atoms with E-state index in [4.69, 9.17) is 0 Å². The Kier molecular flexibility index (Phi) is 7.55. The highest BCUT2D eigenvalue weighted by Gasteiger charge is 2.30. The van der Waals surface area contributed by atoms with Crippen molar-refractivity contribution < 1.29 is 0 Å². The molecule has 1 unspecified atom stereocenters. The van der Waals surface area contributed by atoms with Crippen LogP contribution in [0.1, 0.15) is 85.8 Å². The summed E-state index contributed by atoms with van der Waals surface area (Å²) in [5, 5.41) is 0. The molecule has 1 rings (SSSR count). The summed E-state index contributed by atoms with van der Waals surface area (Å²) in [6, 6.07) is 9.24. The molecule has 0 bridgehead atoms. The molecule has 0 saturated heterocycles. The molecule has 1 aromatic rings. The van der Waals surface area contributed by atoms with Crippen LogP contribution in [0.15, 0.2) is 24.3 Å². The van der Waals surface area contributed by atoms with Gasteiger partial charge in [-0.25, -0.2) is 0 Å². The van der Waals surface area contributed by atoms with Crippen molar-refractivity contribution in [2.45, 2.75) is 81.1 Å². The van der Waals surface area contributed by atoms with Gasteiger partial charge >= 0.3 is 0 Å². The predicted octanol–water partition coefficient (Wildman–Crippen LogP) is 6.84. The molecule has 0 fully saturated rings. The molecular formula is C20H36. The first-order chi connectivity index (χ1) is 9.13. The van der Waals surface area contributed by atoms with Crippen LogP contribution in [0.2, 0.25) is 0 Å². The smallest absolute Gasteiger partial charge is 0.0108 e. The molecule has 0 spiro atoms. The first kappa shape index (κ1) is 19.2. The van der Waals surface area contributed by atoms with Crippen LogP contribution in [0.5, 0.6) is 0 Å². The normalized spacial score (nSPS) is 13.4. The van der Waals surface area contributed by atoms with Crippen LogP contribution >= 0.6 is 0 Å². The molecule has 0 radical (unpaired) electrons. The van der Waals surface area contributed by atoms with Crippen molar-refractivity contribution in [1.29, 1.82) is 0 Å². The first-order valence-electron chi connectivity index (χ1n) is 8.22. The van der Waals surface area contributed by atoms with Crippen molar-refractivity contribution in [3.8, 4) is 0 Å². The minimum Gasteiger partial charge on any atom is -0.0683 e. The lowest BCUT2D eigenvalue weighted by atomic mass is 9.69. The van der Waals surface area contributed by atoms with Crippen molar-refractivity contribution >= 4 is 0 Å². The summed E-state index contributed by atoms with van der Waals surface area (Å²) in [4.78, 5) is 0. The SMILES string of the molecule is CC.CCc1ccc(C(CC(C)(C)C)C(C)(C)C)cc1. The third kappa shape index (κ3) is 6.59. The van der Waals surface area contributed by atoms with Crippen LogP contribution in [0, 0.1) is 10.8 Å². The molecule has 0 heteroatoms. The van der Waals surface area contributed by atoms with Crippen molar-refractivity contribution in [2.75, 3.05) is 0 Å². The van der Waals surface area contributed by atoms with E-state index in [1.165, 1.54) is 17.5 Å². The van der Waals surface area contributed by atoms with E-state index in [-0.39, 0.29) is 0 Å². The summed E-state index contributed by atoms with van der Waals surface area (Å²) < 4.78 is 0. The average molecular weight is 277 g/mol. The van der Waals surface area contributed by atoms with Gasteiger partial charge in [-0.05, 0) is 40.7 Å². The maximum atomic E-state index is 2.36. The molecule has 20 heavy (non-hydrogen) atoms. The van der Waals surface area contributed by atoms with Gasteiger partial charge in [0.2, 0.25) is 0 Å². The highest BCUT2D eigenvalue weighted by Crippen LogP contribution is 2.42. The maximum absolute atomic E-state index is 2.36. The third-order valence-electron chi connectivity index (χ3n) is 3.65. The molecule has 0 aliphatic rings. The second kappa shape index (κ2) is 7.86. The molecule has 1 aromatic carbocycles. The van der Waals surface area contributed by atoms with Gasteiger partial charge in [0.1, 0.15) is 0 Å². The van der Waals surface area contributed by atoms with Crippen molar-refractivity contribution in [1.82, 2.24) is 0 Å². The molecule has 1 atom stereocenters. The van der Waals surface area contributed by atoms with E-state index in [1.807, 2.05) is 13.8 Å². The van der Waals surface area contributed by atoms with Crippen LogP contribution in [0.4, 0.5) is 0 Å². The fraction of sp³-hybridized carbons (Fsp3) is 0.700. The van der Waals surface area contributed by atoms with Crippen LogP contribution in [0.3, 0.4) is 0 Å². The standard InChI is InChI=1S/C18H30.C2H6/c1-8-14-9-11-15(12-10-14)16(18(5,6)7)13-17(2,3)4;1-2/h9-12,16H,8,13H2,1-7H3;1-2H3. The summed E-state index contributed by atoms with van der Waals surface area (Å²) in [7, 11) is 0. The number of rotatable bonds is 3. The number of hydrogen-bond donors (Lipinski definition) is 0. The second-order valence-corrected chi connectivity index (χ2v) is 7.78. The van der Waals surface area contributed by atoms with Crippen LogP contribution in [-0.4, -0.2) is 0 Å². The van der Waals surface area contributed by atoms with Crippen molar-refractivity contribution in [2.24, 2.45) is 10.8 Å². The van der Waals surface area contributed by atoms with E-state index < -0.39 is 0 Å². The largest absolute Gasteiger partial charge is 0.0683 e. The van der Waals surface area contributed by atoms with E-state index in [2.05, 4.69) is 72.7 Å². The summed E-state index contributed by atoms with van der Waals surface area (Å²) in [6.07, 6.45) is 2.36. The zero-order valence-corrected chi connectivity index (χ0v) is 15.3. The Labute approximate surface area is 128 Å². The summed E-state index contributed by atoms with van der Waals surface area (Å²) in [5.74, 6) is 0.628. The summed E-state index contributed by atoms with van der Waals surface area (Å²) in [6.45, 7) is 20.3. The molecule has 0 aliphatic carbocycles. The van der Waals surface area contributed by atoms with Gasteiger partial charge in [0.15, 0.2) is 0 Å². The maximum Gasteiger partial charge on any atom is -0.0108 e. The first-order valence-corrected chi connectivity index (χ1v) is 8.22. The Balaban J connectivity index is 0.00000172. The molecule has 116 valence electrons. The van der Waals surface area contributed by atoms with E-state index in [1.54, 1.807) is 0 Å². The molecule has 0 nitrogen and oxygen atoms in total. The Hall–Kier alpha value is -0.780. The second-order valence-electron chi connectivity index (χ2n) is 7.78. The Morgan fingerprint density at radius 3 is 1.60 bits per heavy atom. The van der Waals surface area contributed by atoms with Gasteiger partial charge in [-0.2, -0.15) is 0 Å². The molecule has 0 heterocycles. The van der Waals surface area contributed by atoms with Gasteiger partial charge in [-0.3, -0.25) is 0 Å². The van der Waals surface area contributed by atoms with Crippen LogP contribution in [-0.2, 0) is 6.42 Å². The van der Waals surface area contributed by atoms with Gasteiger partial charge in [0.05, 0.1) is 0 Å². The van der Waals surface area contributed by atoms with Gasteiger partial charge < -0.3 is 0 Å².